The van der Waals surface area contributed by atoms with Crippen molar-refractivity contribution >= 4 is 17.7 Å². The molecule has 1 fully saturated rings. The van der Waals surface area contributed by atoms with Crippen molar-refractivity contribution in [3.05, 3.63) is 59.8 Å². The number of pyridine rings is 1. The van der Waals surface area contributed by atoms with E-state index in [4.69, 9.17) is 5.11 Å². The predicted molar refractivity (Wildman–Crippen MR) is 113 cm³/mol. The average molecular weight is 396 g/mol. The monoisotopic (exact) mass is 395 g/mol. The number of hydrogen-bond donors (Lipinski definition) is 1. The molecule has 0 radical (unpaired) electrons. The van der Waals surface area contributed by atoms with E-state index in [0.717, 1.165) is 24.5 Å². The Morgan fingerprint density at radius 3 is 2.34 bits per heavy atom. The molecule has 3 rings (SSSR count). The topological polar surface area (TPSA) is 73.7 Å². The second-order valence-electron chi connectivity index (χ2n) is 7.52. The quantitative estimate of drug-likeness (QED) is 0.732. The molecule has 0 atom stereocenters. The van der Waals surface area contributed by atoms with E-state index in [1.807, 2.05) is 42.5 Å². The molecule has 0 unspecified atom stereocenters. The molecule has 29 heavy (non-hydrogen) atoms. The van der Waals surface area contributed by atoms with Crippen LogP contribution in [0, 0.1) is 0 Å². The number of amides is 1. The third-order valence-corrected chi connectivity index (χ3v) is 5.25. The third kappa shape index (κ3) is 6.31. The maximum atomic E-state index is 13.1. The summed E-state index contributed by atoms with van der Waals surface area (Å²) in [7, 11) is 0. The Morgan fingerprint density at radius 2 is 1.72 bits per heavy atom. The summed E-state index contributed by atoms with van der Waals surface area (Å²) in [5.74, 6) is -0.0429. The second kappa shape index (κ2) is 10.6. The van der Waals surface area contributed by atoms with Gasteiger partial charge in [-0.2, -0.15) is 0 Å². The zero-order valence-electron chi connectivity index (χ0n) is 16.8. The lowest BCUT2D eigenvalue weighted by atomic mass is 10.1. The first kappa shape index (κ1) is 20.8. The fourth-order valence-electron chi connectivity index (χ4n) is 3.66. The Kier molecular flexibility index (Phi) is 7.61. The Hall–Kier alpha value is -2.89. The van der Waals surface area contributed by atoms with Gasteiger partial charge >= 0.3 is 5.97 Å². The number of aromatic nitrogens is 1. The van der Waals surface area contributed by atoms with Gasteiger partial charge in [-0.25, -0.2) is 4.98 Å². The van der Waals surface area contributed by atoms with E-state index < -0.39 is 5.97 Å². The summed E-state index contributed by atoms with van der Waals surface area (Å²) in [4.78, 5) is 32.5. The van der Waals surface area contributed by atoms with E-state index in [1.54, 1.807) is 11.1 Å². The molecule has 1 aromatic heterocycles. The van der Waals surface area contributed by atoms with Crippen LogP contribution in [-0.4, -0.2) is 46.5 Å². The summed E-state index contributed by atoms with van der Waals surface area (Å²) in [6.45, 7) is 2.87. The van der Waals surface area contributed by atoms with Crippen molar-refractivity contribution in [3.63, 3.8) is 0 Å². The highest BCUT2D eigenvalue weighted by Crippen LogP contribution is 2.18. The lowest BCUT2D eigenvalue weighted by Crippen LogP contribution is -2.32. The molecular weight excluding hydrogens is 366 g/mol. The van der Waals surface area contributed by atoms with E-state index in [2.05, 4.69) is 9.88 Å². The number of anilines is 1. The zero-order chi connectivity index (χ0) is 20.5. The van der Waals surface area contributed by atoms with Crippen LogP contribution >= 0.6 is 0 Å². The number of benzene rings is 1. The highest BCUT2D eigenvalue weighted by molar-refractivity contribution is 5.94. The number of aliphatic carboxylic acids is 1. The maximum absolute atomic E-state index is 13.1. The number of carbonyl (C=O) groups is 2. The minimum Gasteiger partial charge on any atom is -0.481 e. The van der Waals surface area contributed by atoms with Gasteiger partial charge in [-0.3, -0.25) is 9.59 Å². The van der Waals surface area contributed by atoms with Crippen LogP contribution in [0.15, 0.2) is 48.7 Å². The number of carboxylic acid groups (broad SMARTS) is 1. The molecule has 0 saturated carbocycles. The van der Waals surface area contributed by atoms with Crippen LogP contribution in [0.5, 0.6) is 0 Å². The van der Waals surface area contributed by atoms with Gasteiger partial charge in [0.2, 0.25) is 0 Å². The van der Waals surface area contributed by atoms with Crippen molar-refractivity contribution in [1.29, 1.82) is 0 Å². The molecule has 1 amide bonds. The zero-order valence-corrected chi connectivity index (χ0v) is 16.8. The first-order chi connectivity index (χ1) is 14.1. The van der Waals surface area contributed by atoms with E-state index >= 15 is 0 Å². The number of carbonyl (C=O) groups excluding carboxylic acids is 1. The molecule has 0 bridgehead atoms. The summed E-state index contributed by atoms with van der Waals surface area (Å²) < 4.78 is 0. The highest BCUT2D eigenvalue weighted by atomic mass is 16.4. The minimum atomic E-state index is -0.847. The van der Waals surface area contributed by atoms with Crippen molar-refractivity contribution < 1.29 is 14.7 Å². The first-order valence-electron chi connectivity index (χ1n) is 10.4. The molecular formula is C23H29N3O3. The van der Waals surface area contributed by atoms with Crippen molar-refractivity contribution in [1.82, 2.24) is 9.88 Å². The molecule has 1 saturated heterocycles. The second-order valence-corrected chi connectivity index (χ2v) is 7.52. The van der Waals surface area contributed by atoms with Crippen LogP contribution in [0.1, 0.15) is 54.4 Å². The van der Waals surface area contributed by atoms with Crippen molar-refractivity contribution in [2.75, 3.05) is 24.5 Å². The summed E-state index contributed by atoms with van der Waals surface area (Å²) in [6, 6.07) is 13.5. The fourth-order valence-corrected chi connectivity index (χ4v) is 3.66. The first-order valence-corrected chi connectivity index (χ1v) is 10.4. The molecule has 1 aliphatic heterocycles. The van der Waals surface area contributed by atoms with Crippen LogP contribution in [0.25, 0.3) is 0 Å². The molecule has 154 valence electrons. The van der Waals surface area contributed by atoms with Gasteiger partial charge in [0.05, 0.1) is 5.56 Å². The van der Waals surface area contributed by atoms with Gasteiger partial charge in [-0.05, 0) is 37.0 Å². The summed E-state index contributed by atoms with van der Waals surface area (Å²) in [6.07, 6.45) is 7.00. The molecule has 2 heterocycles. The molecule has 1 N–H and O–H groups in total. The standard InChI is InChI=1S/C23H29N3O3/c27-22(28)11-8-16-26(18-19-9-4-3-5-10-19)23(29)20-12-13-21(24-17-20)25-14-6-1-2-7-15-25/h3-5,9-10,12-13,17H,1-2,6-8,11,14-16,18H2,(H,27,28). The number of hydrogen-bond acceptors (Lipinski definition) is 4. The van der Waals surface area contributed by atoms with Crippen molar-refractivity contribution in [3.8, 4) is 0 Å². The number of rotatable bonds is 8. The van der Waals surface area contributed by atoms with Crippen molar-refractivity contribution in [2.45, 2.75) is 45.1 Å². The number of nitrogens with zero attached hydrogens (tertiary/aromatic N) is 3. The van der Waals surface area contributed by atoms with Crippen LogP contribution in [0.3, 0.4) is 0 Å². The van der Waals surface area contributed by atoms with Crippen LogP contribution in [0.2, 0.25) is 0 Å². The maximum Gasteiger partial charge on any atom is 0.303 e. The predicted octanol–water partition coefficient (Wildman–Crippen LogP) is 3.97. The van der Waals surface area contributed by atoms with Gasteiger partial charge in [-0.15, -0.1) is 0 Å². The fraction of sp³-hybridized carbons (Fsp3) is 0.435. The lowest BCUT2D eigenvalue weighted by molar-refractivity contribution is -0.137. The molecule has 0 aliphatic carbocycles. The Balaban J connectivity index is 1.70. The Morgan fingerprint density at radius 1 is 1.00 bits per heavy atom. The van der Waals surface area contributed by atoms with E-state index in [-0.39, 0.29) is 12.3 Å². The minimum absolute atomic E-state index is 0.0463. The normalized spacial score (nSPS) is 14.3. The molecule has 1 aliphatic rings. The largest absolute Gasteiger partial charge is 0.481 e. The van der Waals surface area contributed by atoms with Gasteiger partial charge in [0.15, 0.2) is 0 Å². The summed E-state index contributed by atoms with van der Waals surface area (Å²) >= 11 is 0. The lowest BCUT2D eigenvalue weighted by Gasteiger charge is -2.24. The smallest absolute Gasteiger partial charge is 0.303 e. The molecule has 1 aromatic carbocycles. The number of carboxylic acids is 1. The SMILES string of the molecule is O=C(O)CCCN(Cc1ccccc1)C(=O)c1ccc(N2CCCCCC2)nc1. The third-order valence-electron chi connectivity index (χ3n) is 5.25. The van der Waals surface area contributed by atoms with Gasteiger partial charge in [0.1, 0.15) is 5.82 Å². The van der Waals surface area contributed by atoms with E-state index in [0.29, 0.717) is 25.1 Å². The summed E-state index contributed by atoms with van der Waals surface area (Å²) in [5, 5.41) is 8.93. The summed E-state index contributed by atoms with van der Waals surface area (Å²) in [5.41, 5.74) is 1.56. The van der Waals surface area contributed by atoms with Crippen LogP contribution < -0.4 is 4.90 Å². The Bertz CT molecular complexity index is 785. The van der Waals surface area contributed by atoms with Gasteiger partial charge in [-0.1, -0.05) is 43.2 Å². The van der Waals surface area contributed by atoms with Gasteiger partial charge in [0, 0.05) is 38.8 Å². The van der Waals surface area contributed by atoms with E-state index in [9.17, 15) is 9.59 Å². The average Bonchev–Trinajstić information content (AvgIpc) is 3.03. The Labute approximate surface area is 172 Å². The van der Waals surface area contributed by atoms with Crippen LogP contribution in [-0.2, 0) is 11.3 Å². The molecule has 6 heteroatoms. The highest BCUT2D eigenvalue weighted by Gasteiger charge is 2.18. The van der Waals surface area contributed by atoms with Gasteiger partial charge in [0.25, 0.3) is 5.91 Å². The van der Waals surface area contributed by atoms with Crippen LogP contribution in [0.4, 0.5) is 5.82 Å². The van der Waals surface area contributed by atoms with Gasteiger partial charge < -0.3 is 14.9 Å². The van der Waals surface area contributed by atoms with E-state index in [1.165, 1.54) is 25.7 Å². The molecule has 0 spiro atoms. The van der Waals surface area contributed by atoms with Crippen molar-refractivity contribution in [2.24, 2.45) is 0 Å². The molecule has 2 aromatic rings. The molecule has 6 nitrogen and oxygen atoms in total.